The van der Waals surface area contributed by atoms with E-state index in [0.717, 1.165) is 5.69 Å². The van der Waals surface area contributed by atoms with Crippen LogP contribution in [0.2, 0.25) is 0 Å². The first-order chi connectivity index (χ1) is 9.58. The normalized spacial score (nSPS) is 10.1. The van der Waals surface area contributed by atoms with E-state index in [2.05, 4.69) is 4.98 Å². The average Bonchev–Trinajstić information content (AvgIpc) is 2.45. The highest BCUT2D eigenvalue weighted by atomic mass is 16.4. The van der Waals surface area contributed by atoms with Crippen molar-refractivity contribution < 1.29 is 14.7 Å². The van der Waals surface area contributed by atoms with Gasteiger partial charge in [-0.05, 0) is 36.4 Å². The second-order valence-electron chi connectivity index (χ2n) is 4.28. The zero-order valence-corrected chi connectivity index (χ0v) is 11.0. The number of carboxylic acids is 1. The Morgan fingerprint density at radius 3 is 2.35 bits per heavy atom. The molecule has 20 heavy (non-hydrogen) atoms. The van der Waals surface area contributed by atoms with Gasteiger partial charge in [0.1, 0.15) is 0 Å². The van der Waals surface area contributed by atoms with Crippen LogP contribution >= 0.6 is 0 Å². The SMILES string of the molecule is CC(=O)N(Cc1ccccn1)c1ccc(C(=O)O)cc1. The van der Waals surface area contributed by atoms with Crippen molar-refractivity contribution in [2.75, 3.05) is 4.90 Å². The molecule has 1 heterocycles. The summed E-state index contributed by atoms with van der Waals surface area (Å²) in [7, 11) is 0. The van der Waals surface area contributed by atoms with Gasteiger partial charge in [-0.3, -0.25) is 9.78 Å². The number of rotatable bonds is 4. The molecule has 5 heteroatoms. The molecule has 102 valence electrons. The molecule has 5 nitrogen and oxygen atoms in total. The van der Waals surface area contributed by atoms with Crippen molar-refractivity contribution in [2.45, 2.75) is 13.5 Å². The van der Waals surface area contributed by atoms with Crippen LogP contribution in [0.3, 0.4) is 0 Å². The van der Waals surface area contributed by atoms with Gasteiger partial charge in [-0.2, -0.15) is 0 Å². The lowest BCUT2D eigenvalue weighted by Gasteiger charge is -2.20. The highest BCUT2D eigenvalue weighted by Crippen LogP contribution is 2.18. The van der Waals surface area contributed by atoms with Crippen molar-refractivity contribution in [2.24, 2.45) is 0 Å². The standard InChI is InChI=1S/C15H14N2O3/c1-11(18)17(10-13-4-2-3-9-16-13)14-7-5-12(6-8-14)15(19)20/h2-9H,10H2,1H3,(H,19,20). The summed E-state index contributed by atoms with van der Waals surface area (Å²) in [4.78, 5) is 28.3. The van der Waals surface area contributed by atoms with Gasteiger partial charge in [-0.25, -0.2) is 4.79 Å². The van der Waals surface area contributed by atoms with Gasteiger partial charge in [0.2, 0.25) is 5.91 Å². The van der Waals surface area contributed by atoms with E-state index in [1.54, 1.807) is 23.2 Å². The van der Waals surface area contributed by atoms with Gasteiger partial charge in [-0.15, -0.1) is 0 Å². The minimum absolute atomic E-state index is 0.126. The number of carboxylic acid groups (broad SMARTS) is 1. The molecule has 1 aromatic carbocycles. The molecular formula is C15H14N2O3. The number of pyridine rings is 1. The lowest BCUT2D eigenvalue weighted by molar-refractivity contribution is -0.116. The molecule has 1 aromatic heterocycles. The number of anilines is 1. The molecular weight excluding hydrogens is 256 g/mol. The van der Waals surface area contributed by atoms with Crippen LogP contribution < -0.4 is 4.90 Å². The lowest BCUT2D eigenvalue weighted by atomic mass is 10.2. The van der Waals surface area contributed by atoms with Crippen LogP contribution in [0.1, 0.15) is 23.0 Å². The summed E-state index contributed by atoms with van der Waals surface area (Å²) in [6.07, 6.45) is 1.67. The Kier molecular flexibility index (Phi) is 4.10. The Hall–Kier alpha value is -2.69. The van der Waals surface area contributed by atoms with Crippen molar-refractivity contribution in [1.82, 2.24) is 4.98 Å². The molecule has 2 aromatic rings. The molecule has 1 N–H and O–H groups in total. The third-order valence-electron chi connectivity index (χ3n) is 2.85. The number of benzene rings is 1. The maximum atomic E-state index is 11.7. The number of hydrogen-bond acceptors (Lipinski definition) is 3. The number of aromatic nitrogens is 1. The fourth-order valence-corrected chi connectivity index (χ4v) is 1.82. The molecule has 0 radical (unpaired) electrons. The minimum Gasteiger partial charge on any atom is -0.478 e. The van der Waals surface area contributed by atoms with Crippen LogP contribution in [0.5, 0.6) is 0 Å². The van der Waals surface area contributed by atoms with Crippen molar-refractivity contribution in [3.63, 3.8) is 0 Å². The Morgan fingerprint density at radius 1 is 1.15 bits per heavy atom. The molecule has 0 atom stereocenters. The fourth-order valence-electron chi connectivity index (χ4n) is 1.82. The number of carbonyl (C=O) groups excluding carboxylic acids is 1. The van der Waals surface area contributed by atoms with Crippen LogP contribution in [0, 0.1) is 0 Å². The number of nitrogens with zero attached hydrogens (tertiary/aromatic N) is 2. The molecule has 0 aliphatic heterocycles. The van der Waals surface area contributed by atoms with Crippen LogP contribution in [-0.4, -0.2) is 22.0 Å². The molecule has 0 saturated heterocycles. The maximum absolute atomic E-state index is 11.7. The topological polar surface area (TPSA) is 70.5 Å². The molecule has 0 fully saturated rings. The van der Waals surface area contributed by atoms with E-state index in [1.165, 1.54) is 19.1 Å². The van der Waals surface area contributed by atoms with Crippen LogP contribution in [-0.2, 0) is 11.3 Å². The highest BCUT2D eigenvalue weighted by Gasteiger charge is 2.13. The Bertz CT molecular complexity index is 609. The first-order valence-corrected chi connectivity index (χ1v) is 6.09. The molecule has 0 aliphatic carbocycles. The van der Waals surface area contributed by atoms with Crippen LogP contribution in [0.4, 0.5) is 5.69 Å². The second-order valence-corrected chi connectivity index (χ2v) is 4.28. The Morgan fingerprint density at radius 2 is 1.85 bits per heavy atom. The number of hydrogen-bond donors (Lipinski definition) is 1. The maximum Gasteiger partial charge on any atom is 0.335 e. The first kappa shape index (κ1) is 13.7. The number of amides is 1. The summed E-state index contributed by atoms with van der Waals surface area (Å²) < 4.78 is 0. The molecule has 0 aliphatic rings. The zero-order chi connectivity index (χ0) is 14.5. The molecule has 2 rings (SSSR count). The van der Waals surface area contributed by atoms with Gasteiger partial charge in [0.05, 0.1) is 17.8 Å². The third-order valence-corrected chi connectivity index (χ3v) is 2.85. The van der Waals surface area contributed by atoms with Crippen molar-refractivity contribution >= 4 is 17.6 Å². The number of carbonyl (C=O) groups is 2. The van der Waals surface area contributed by atoms with Gasteiger partial charge in [0, 0.05) is 18.8 Å². The smallest absolute Gasteiger partial charge is 0.335 e. The summed E-state index contributed by atoms with van der Waals surface area (Å²) in [6, 6.07) is 11.7. The lowest BCUT2D eigenvalue weighted by Crippen LogP contribution is -2.28. The second kappa shape index (κ2) is 5.97. The van der Waals surface area contributed by atoms with E-state index >= 15 is 0 Å². The molecule has 0 unspecified atom stereocenters. The monoisotopic (exact) mass is 270 g/mol. The van der Waals surface area contributed by atoms with E-state index in [4.69, 9.17) is 5.11 Å². The van der Waals surface area contributed by atoms with Crippen LogP contribution in [0.25, 0.3) is 0 Å². The zero-order valence-electron chi connectivity index (χ0n) is 11.0. The van der Waals surface area contributed by atoms with Gasteiger partial charge < -0.3 is 10.0 Å². The summed E-state index contributed by atoms with van der Waals surface area (Å²) in [5.74, 6) is -1.12. The minimum atomic E-state index is -0.990. The Labute approximate surface area is 116 Å². The van der Waals surface area contributed by atoms with Crippen molar-refractivity contribution in [1.29, 1.82) is 0 Å². The predicted octanol–water partition coefficient (Wildman–Crippen LogP) is 2.33. The van der Waals surface area contributed by atoms with Crippen LogP contribution in [0.15, 0.2) is 48.7 Å². The summed E-state index contributed by atoms with van der Waals surface area (Å²) in [6.45, 7) is 1.82. The van der Waals surface area contributed by atoms with E-state index in [9.17, 15) is 9.59 Å². The molecule has 0 spiro atoms. The van der Waals surface area contributed by atoms with Gasteiger partial charge in [-0.1, -0.05) is 6.07 Å². The largest absolute Gasteiger partial charge is 0.478 e. The van der Waals surface area contributed by atoms with Gasteiger partial charge >= 0.3 is 5.97 Å². The first-order valence-electron chi connectivity index (χ1n) is 6.09. The van der Waals surface area contributed by atoms with E-state index in [-0.39, 0.29) is 11.5 Å². The van der Waals surface area contributed by atoms with E-state index < -0.39 is 5.97 Å². The van der Waals surface area contributed by atoms with E-state index in [0.29, 0.717) is 12.2 Å². The highest BCUT2D eigenvalue weighted by molar-refractivity contribution is 5.93. The average molecular weight is 270 g/mol. The van der Waals surface area contributed by atoms with Gasteiger partial charge in [0.25, 0.3) is 0 Å². The quantitative estimate of drug-likeness (QED) is 0.925. The van der Waals surface area contributed by atoms with Gasteiger partial charge in [0.15, 0.2) is 0 Å². The Balaban J connectivity index is 2.25. The molecule has 1 amide bonds. The molecule has 0 bridgehead atoms. The number of aromatic carboxylic acids is 1. The van der Waals surface area contributed by atoms with E-state index in [1.807, 2.05) is 18.2 Å². The third kappa shape index (κ3) is 3.20. The van der Waals surface area contributed by atoms with Crippen molar-refractivity contribution in [3.05, 3.63) is 59.9 Å². The summed E-state index contributed by atoms with van der Waals surface area (Å²) >= 11 is 0. The molecule has 0 saturated carbocycles. The summed E-state index contributed by atoms with van der Waals surface area (Å²) in [5, 5.41) is 8.87. The van der Waals surface area contributed by atoms with Crippen molar-refractivity contribution in [3.8, 4) is 0 Å². The predicted molar refractivity (Wildman–Crippen MR) is 74.5 cm³/mol. The summed E-state index contributed by atoms with van der Waals surface area (Å²) in [5.41, 5.74) is 1.60. The fraction of sp³-hybridized carbons (Fsp3) is 0.133.